The molecule has 0 fully saturated rings. The smallest absolute Gasteiger partial charge is 0.169 e. The van der Waals surface area contributed by atoms with Crippen molar-refractivity contribution in [2.45, 2.75) is 26.9 Å². The van der Waals surface area contributed by atoms with Crippen molar-refractivity contribution in [1.82, 2.24) is 0 Å². The maximum atomic E-state index is 9.03. The van der Waals surface area contributed by atoms with Gasteiger partial charge in [0.15, 0.2) is 6.10 Å². The van der Waals surface area contributed by atoms with Crippen LogP contribution in [0.3, 0.4) is 0 Å². The van der Waals surface area contributed by atoms with E-state index >= 15 is 0 Å². The van der Waals surface area contributed by atoms with Crippen LogP contribution in [0.5, 0.6) is 0 Å². The second-order valence-electron chi connectivity index (χ2n) is 3.90. The average Bonchev–Trinajstić information content (AvgIpc) is 2.26. The quantitative estimate of drug-likeness (QED) is 0.844. The fourth-order valence-electron chi connectivity index (χ4n) is 1.63. The predicted molar refractivity (Wildman–Crippen MR) is 62.0 cm³/mol. The van der Waals surface area contributed by atoms with Crippen molar-refractivity contribution in [2.75, 3.05) is 13.2 Å². The average molecular weight is 219 g/mol. The molecule has 0 aliphatic carbocycles. The van der Waals surface area contributed by atoms with Crippen molar-refractivity contribution in [2.24, 2.45) is 0 Å². The Morgan fingerprint density at radius 1 is 1.25 bits per heavy atom. The van der Waals surface area contributed by atoms with E-state index in [4.69, 9.17) is 15.1 Å². The molecule has 16 heavy (non-hydrogen) atoms. The lowest BCUT2D eigenvalue weighted by Crippen LogP contribution is -2.08. The number of hydrogen-bond donors (Lipinski definition) is 1. The molecule has 1 atom stereocenters. The molecule has 1 aromatic rings. The molecule has 0 radical (unpaired) electrons. The van der Waals surface area contributed by atoms with Gasteiger partial charge in [-0.3, -0.25) is 0 Å². The first kappa shape index (κ1) is 12.7. The van der Waals surface area contributed by atoms with Crippen molar-refractivity contribution in [3.8, 4) is 6.07 Å². The van der Waals surface area contributed by atoms with Crippen LogP contribution in [0.1, 0.15) is 28.4 Å². The Balaban J connectivity index is 3.01. The van der Waals surface area contributed by atoms with Gasteiger partial charge in [0.2, 0.25) is 0 Å². The maximum Gasteiger partial charge on any atom is 0.169 e. The zero-order chi connectivity index (χ0) is 12.1. The van der Waals surface area contributed by atoms with E-state index in [-0.39, 0.29) is 13.2 Å². The minimum Gasteiger partial charge on any atom is -0.394 e. The van der Waals surface area contributed by atoms with Gasteiger partial charge < -0.3 is 9.84 Å². The van der Waals surface area contributed by atoms with E-state index in [0.717, 1.165) is 16.7 Å². The Kier molecular flexibility index (Phi) is 4.48. The van der Waals surface area contributed by atoms with Crippen LogP contribution in [0.2, 0.25) is 0 Å². The summed E-state index contributed by atoms with van der Waals surface area (Å²) < 4.78 is 5.29. The monoisotopic (exact) mass is 219 g/mol. The molecule has 0 heterocycles. The van der Waals surface area contributed by atoms with Gasteiger partial charge in [-0.05, 0) is 43.0 Å². The van der Waals surface area contributed by atoms with E-state index in [1.165, 1.54) is 5.56 Å². The van der Waals surface area contributed by atoms with Gasteiger partial charge >= 0.3 is 0 Å². The zero-order valence-electron chi connectivity index (χ0n) is 9.95. The van der Waals surface area contributed by atoms with Crippen LogP contribution >= 0.6 is 0 Å². The molecule has 0 saturated heterocycles. The molecule has 1 aromatic carbocycles. The third kappa shape index (κ3) is 2.82. The first-order chi connectivity index (χ1) is 7.60. The second kappa shape index (κ2) is 5.64. The summed E-state index contributed by atoms with van der Waals surface area (Å²) in [5, 5.41) is 17.7. The molecule has 0 aromatic heterocycles. The molecule has 1 unspecified atom stereocenters. The lowest BCUT2D eigenvalue weighted by molar-refractivity contribution is 0.0578. The Labute approximate surface area is 96.3 Å². The van der Waals surface area contributed by atoms with Gasteiger partial charge in [-0.15, -0.1) is 0 Å². The van der Waals surface area contributed by atoms with E-state index in [2.05, 4.69) is 12.1 Å². The molecule has 0 aliphatic heterocycles. The largest absolute Gasteiger partial charge is 0.394 e. The summed E-state index contributed by atoms with van der Waals surface area (Å²) in [4.78, 5) is 0. The number of benzene rings is 1. The van der Waals surface area contributed by atoms with E-state index in [1.54, 1.807) is 0 Å². The summed E-state index contributed by atoms with van der Waals surface area (Å²) in [5.41, 5.74) is 4.29. The van der Waals surface area contributed by atoms with Gasteiger partial charge in [-0.25, -0.2) is 0 Å². The van der Waals surface area contributed by atoms with Crippen molar-refractivity contribution in [3.05, 3.63) is 34.4 Å². The number of hydrogen-bond acceptors (Lipinski definition) is 3. The minimum atomic E-state index is -0.591. The highest BCUT2D eigenvalue weighted by molar-refractivity contribution is 5.39. The van der Waals surface area contributed by atoms with Crippen molar-refractivity contribution < 1.29 is 9.84 Å². The van der Waals surface area contributed by atoms with Crippen molar-refractivity contribution in [3.63, 3.8) is 0 Å². The molecule has 0 bridgehead atoms. The van der Waals surface area contributed by atoms with Crippen LogP contribution in [0.25, 0.3) is 0 Å². The number of ether oxygens (including phenoxy) is 1. The summed E-state index contributed by atoms with van der Waals surface area (Å²) >= 11 is 0. The number of nitriles is 1. The van der Waals surface area contributed by atoms with Crippen molar-refractivity contribution >= 4 is 0 Å². The number of aryl methyl sites for hydroxylation is 3. The SMILES string of the molecule is Cc1cc(C)c(C(C#N)OCCO)cc1C. The molecule has 3 nitrogen and oxygen atoms in total. The topological polar surface area (TPSA) is 53.2 Å². The van der Waals surface area contributed by atoms with Gasteiger partial charge in [0, 0.05) is 0 Å². The molecule has 1 rings (SSSR count). The van der Waals surface area contributed by atoms with Gasteiger partial charge in [-0.2, -0.15) is 5.26 Å². The van der Waals surface area contributed by atoms with E-state index in [0.29, 0.717) is 0 Å². The highest BCUT2D eigenvalue weighted by Crippen LogP contribution is 2.23. The summed E-state index contributed by atoms with van der Waals surface area (Å²) in [6.45, 7) is 6.14. The molecule has 0 aliphatic rings. The lowest BCUT2D eigenvalue weighted by atomic mass is 9.98. The van der Waals surface area contributed by atoms with E-state index in [9.17, 15) is 0 Å². The highest BCUT2D eigenvalue weighted by atomic mass is 16.5. The number of rotatable bonds is 4. The third-order valence-corrected chi connectivity index (χ3v) is 2.66. The maximum absolute atomic E-state index is 9.03. The van der Waals surface area contributed by atoms with Crippen LogP contribution in [-0.2, 0) is 4.74 Å². The van der Waals surface area contributed by atoms with Gasteiger partial charge in [0.1, 0.15) is 0 Å². The normalized spacial score (nSPS) is 12.2. The molecule has 0 amide bonds. The minimum absolute atomic E-state index is 0.0674. The molecule has 0 saturated carbocycles. The Hall–Kier alpha value is -1.37. The number of aliphatic hydroxyl groups excluding tert-OH is 1. The molecule has 86 valence electrons. The first-order valence-corrected chi connectivity index (χ1v) is 5.30. The molecule has 1 N–H and O–H groups in total. The molecular weight excluding hydrogens is 202 g/mol. The Bertz CT molecular complexity index is 407. The standard InChI is InChI=1S/C13H17NO2/c1-9-6-11(3)12(7-10(9)2)13(8-14)16-5-4-15/h6-7,13,15H,4-5H2,1-3H3. The fourth-order valence-corrected chi connectivity index (χ4v) is 1.63. The Morgan fingerprint density at radius 2 is 1.88 bits per heavy atom. The molecular formula is C13H17NO2. The van der Waals surface area contributed by atoms with Crippen LogP contribution in [-0.4, -0.2) is 18.3 Å². The fraction of sp³-hybridized carbons (Fsp3) is 0.462. The zero-order valence-corrected chi connectivity index (χ0v) is 9.95. The lowest BCUT2D eigenvalue weighted by Gasteiger charge is -2.15. The molecule has 3 heteroatoms. The predicted octanol–water partition coefficient (Wildman–Crippen LogP) is 2.19. The third-order valence-electron chi connectivity index (χ3n) is 2.66. The Morgan fingerprint density at radius 3 is 2.44 bits per heavy atom. The molecule has 0 spiro atoms. The number of aliphatic hydroxyl groups is 1. The summed E-state index contributed by atoms with van der Waals surface area (Å²) in [7, 11) is 0. The van der Waals surface area contributed by atoms with Crippen LogP contribution in [0.15, 0.2) is 12.1 Å². The highest BCUT2D eigenvalue weighted by Gasteiger charge is 2.14. The van der Waals surface area contributed by atoms with Gasteiger partial charge in [0.25, 0.3) is 0 Å². The van der Waals surface area contributed by atoms with Crippen LogP contribution < -0.4 is 0 Å². The van der Waals surface area contributed by atoms with Crippen LogP contribution in [0.4, 0.5) is 0 Å². The second-order valence-corrected chi connectivity index (χ2v) is 3.90. The van der Waals surface area contributed by atoms with E-state index < -0.39 is 6.10 Å². The van der Waals surface area contributed by atoms with E-state index in [1.807, 2.05) is 26.8 Å². The van der Waals surface area contributed by atoms with Crippen molar-refractivity contribution in [1.29, 1.82) is 5.26 Å². The van der Waals surface area contributed by atoms with Crippen LogP contribution in [0, 0.1) is 32.1 Å². The number of nitrogens with zero attached hydrogens (tertiary/aromatic N) is 1. The summed E-state index contributed by atoms with van der Waals surface area (Å²) in [5.74, 6) is 0. The first-order valence-electron chi connectivity index (χ1n) is 5.30. The van der Waals surface area contributed by atoms with Gasteiger partial charge in [-0.1, -0.05) is 12.1 Å². The van der Waals surface area contributed by atoms with Gasteiger partial charge in [0.05, 0.1) is 19.3 Å². The summed E-state index contributed by atoms with van der Waals surface area (Å²) in [6, 6.07) is 6.14. The summed E-state index contributed by atoms with van der Waals surface area (Å²) in [6.07, 6.45) is -0.591.